The first-order valence-electron chi connectivity index (χ1n) is 2.22. The van der Waals surface area contributed by atoms with Crippen molar-refractivity contribution in [3.8, 4) is 0 Å². The van der Waals surface area contributed by atoms with Crippen molar-refractivity contribution in [3.05, 3.63) is 12.7 Å². The van der Waals surface area contributed by atoms with Gasteiger partial charge in [0.1, 0.15) is 0 Å². The lowest BCUT2D eigenvalue weighted by molar-refractivity contribution is 0.167. The Balaban J connectivity index is -0.0000000886. The minimum atomic E-state index is -2.33. The average Bonchev–Trinajstić information content (AvgIpc) is 1.60. The van der Waals surface area contributed by atoms with Gasteiger partial charge in [-0.05, 0) is 6.92 Å². The highest BCUT2D eigenvalue weighted by Crippen LogP contribution is 1.58. The van der Waals surface area contributed by atoms with Crippen LogP contribution in [0, 0.1) is 0 Å². The molecule has 0 saturated heterocycles. The maximum absolute atomic E-state index is 9.92. The summed E-state index contributed by atoms with van der Waals surface area (Å²) in [5.41, 5.74) is 0. The molecule has 0 aromatic rings. The maximum atomic E-state index is 9.92. The van der Waals surface area contributed by atoms with E-state index in [0.717, 1.165) is 0 Å². The van der Waals surface area contributed by atoms with E-state index in [2.05, 4.69) is 6.58 Å². The molecule has 0 heterocycles. The topological polar surface area (TPSA) is 74.6 Å². The summed E-state index contributed by atoms with van der Waals surface area (Å²) in [4.78, 5) is 16.7. The van der Waals surface area contributed by atoms with Crippen LogP contribution in [0.5, 0.6) is 0 Å². The summed E-state index contributed by atoms with van der Waals surface area (Å²) in [6.07, 6.45) is -2.92. The smallest absolute Gasteiger partial charge is 0.456 e. The van der Waals surface area contributed by atoms with Crippen LogP contribution in [0.4, 0.5) is 18.4 Å². The van der Waals surface area contributed by atoms with Crippen LogP contribution in [-0.4, -0.2) is 22.7 Å². The third kappa shape index (κ3) is 171. The van der Waals surface area contributed by atoms with Crippen molar-refractivity contribution in [1.29, 1.82) is 0 Å². The van der Waals surface area contributed by atoms with Crippen molar-refractivity contribution in [2.45, 2.75) is 6.92 Å². The van der Waals surface area contributed by atoms with Crippen molar-refractivity contribution in [2.75, 3.05) is 0 Å². The summed E-state index contributed by atoms with van der Waals surface area (Å²) in [5, 5.41) is 13.5. The van der Waals surface area contributed by atoms with Crippen LogP contribution in [0.25, 0.3) is 0 Å². The Bertz CT molecular complexity index is 104. The molecule has 0 aromatic heterocycles. The molecule has 11 heavy (non-hydrogen) atoms. The third-order valence-electron chi connectivity index (χ3n) is 0. The predicted molar refractivity (Wildman–Crippen MR) is 34.1 cm³/mol. The zero-order chi connectivity index (χ0) is 9.86. The van der Waals surface area contributed by atoms with Crippen molar-refractivity contribution >= 4 is 12.4 Å². The van der Waals surface area contributed by atoms with Gasteiger partial charge in [0, 0.05) is 0 Å². The maximum Gasteiger partial charge on any atom is 0.492 e. The van der Waals surface area contributed by atoms with E-state index < -0.39 is 12.4 Å². The van der Waals surface area contributed by atoms with Gasteiger partial charge in [0.05, 0.1) is 0 Å². The van der Waals surface area contributed by atoms with Crippen LogP contribution in [0.3, 0.4) is 0 Å². The molecule has 0 unspecified atom stereocenters. The van der Waals surface area contributed by atoms with Crippen LogP contribution in [-0.2, 0) is 0 Å². The Hall–Kier alpha value is -1.46. The Labute approximate surface area is 61.8 Å². The highest BCUT2D eigenvalue weighted by Gasteiger charge is 1.74. The van der Waals surface area contributed by atoms with Crippen molar-refractivity contribution in [2.24, 2.45) is 0 Å². The second kappa shape index (κ2) is 15.8. The zero-order valence-electron chi connectivity index (χ0n) is 5.75. The van der Waals surface area contributed by atoms with Crippen molar-refractivity contribution in [1.82, 2.24) is 0 Å². The van der Waals surface area contributed by atoms with Gasteiger partial charge in [-0.3, -0.25) is 0 Å². The van der Waals surface area contributed by atoms with Gasteiger partial charge in [-0.25, -0.2) is 9.59 Å². The van der Waals surface area contributed by atoms with Gasteiger partial charge >= 0.3 is 12.4 Å². The van der Waals surface area contributed by atoms with Crippen LogP contribution in [0.15, 0.2) is 12.7 Å². The normalized spacial score (nSPS) is 5.73. The fourth-order valence-electron chi connectivity index (χ4n) is 0. The molecular formula is C5H8F2O4. The molecule has 0 saturated carbocycles. The highest BCUT2D eigenvalue weighted by atomic mass is 19.1. The lowest BCUT2D eigenvalue weighted by Gasteiger charge is -1.53. The molecule has 0 atom stereocenters. The largest absolute Gasteiger partial charge is 0.492 e. The summed E-state index contributed by atoms with van der Waals surface area (Å²) in [5.74, 6) is 0. The summed E-state index contributed by atoms with van der Waals surface area (Å²) in [7, 11) is 0. The number of carboxylic acid groups (broad SMARTS) is 2. The van der Waals surface area contributed by atoms with E-state index in [9.17, 15) is 8.78 Å². The fraction of sp³-hybridized carbons (Fsp3) is 0.200. The van der Waals surface area contributed by atoms with E-state index >= 15 is 0 Å². The number of hydrogen-bond acceptors (Lipinski definition) is 2. The van der Waals surface area contributed by atoms with E-state index in [1.54, 1.807) is 6.08 Å². The Morgan fingerprint density at radius 1 is 1.27 bits per heavy atom. The molecule has 2 N–H and O–H groups in total. The zero-order valence-corrected chi connectivity index (χ0v) is 5.75. The molecule has 0 rings (SSSR count). The second-order valence-electron chi connectivity index (χ2n) is 0.914. The minimum absolute atomic E-state index is 1.75. The number of rotatable bonds is 0. The van der Waals surface area contributed by atoms with E-state index in [-0.39, 0.29) is 0 Å². The Morgan fingerprint density at radius 3 is 1.27 bits per heavy atom. The first-order chi connectivity index (χ1) is 4.88. The molecule has 6 heteroatoms. The molecule has 4 nitrogen and oxygen atoms in total. The Morgan fingerprint density at radius 2 is 1.27 bits per heavy atom. The molecule has 66 valence electrons. The quantitative estimate of drug-likeness (QED) is 0.432. The lowest BCUT2D eigenvalue weighted by atomic mass is 10.8. The number of allylic oxidation sites excluding steroid dienone is 1. The van der Waals surface area contributed by atoms with Gasteiger partial charge in [-0.1, -0.05) is 6.08 Å². The molecule has 0 radical (unpaired) electrons. The molecule has 0 fully saturated rings. The molecule has 0 aliphatic carbocycles. The van der Waals surface area contributed by atoms with Gasteiger partial charge < -0.3 is 10.2 Å². The van der Waals surface area contributed by atoms with Gasteiger partial charge in [-0.15, -0.1) is 15.4 Å². The van der Waals surface area contributed by atoms with Gasteiger partial charge in [-0.2, -0.15) is 0 Å². The average molecular weight is 170 g/mol. The van der Waals surface area contributed by atoms with Crippen LogP contribution in [0.1, 0.15) is 6.92 Å². The van der Waals surface area contributed by atoms with Crippen LogP contribution in [0.2, 0.25) is 0 Å². The Kier molecular flexibility index (Phi) is 23.4. The van der Waals surface area contributed by atoms with E-state index in [4.69, 9.17) is 19.8 Å². The number of carbonyl (C=O) groups is 2. The third-order valence-corrected chi connectivity index (χ3v) is 0. The van der Waals surface area contributed by atoms with Crippen molar-refractivity contribution in [3.63, 3.8) is 0 Å². The highest BCUT2D eigenvalue weighted by molar-refractivity contribution is 5.54. The van der Waals surface area contributed by atoms with Crippen LogP contribution >= 0.6 is 0 Å². The predicted octanol–water partition coefficient (Wildman–Crippen LogP) is 2.46. The molecule has 0 aromatic carbocycles. The first kappa shape index (κ1) is 16.3. The van der Waals surface area contributed by atoms with E-state index in [0.29, 0.717) is 0 Å². The summed E-state index contributed by atoms with van der Waals surface area (Å²) >= 11 is 0. The SMILES string of the molecule is C=CC.O=C(O)F.O=C(O)F. The minimum Gasteiger partial charge on any atom is -0.456 e. The summed E-state index contributed by atoms with van der Waals surface area (Å²) in [6, 6.07) is 0. The number of halogens is 2. The molecular weight excluding hydrogens is 162 g/mol. The fourth-order valence-corrected chi connectivity index (χ4v) is 0. The second-order valence-corrected chi connectivity index (χ2v) is 0.914. The number of hydrogen-bond donors (Lipinski definition) is 2. The molecule has 0 amide bonds. The standard InChI is InChI=1S/C3H6.2CHFO2/c1-3-2;2*2-1(3)4/h3H,1H2,2H3;2*(H,3,4). The molecule has 0 spiro atoms. The summed E-state index contributed by atoms with van der Waals surface area (Å²) < 4.78 is 19.8. The van der Waals surface area contributed by atoms with E-state index in [1.165, 1.54) is 0 Å². The molecule has 0 bridgehead atoms. The lowest BCUT2D eigenvalue weighted by Crippen LogP contribution is -1.69. The van der Waals surface area contributed by atoms with Gasteiger partial charge in [0.2, 0.25) is 0 Å². The molecule has 0 aliphatic rings. The monoisotopic (exact) mass is 170 g/mol. The van der Waals surface area contributed by atoms with Crippen LogP contribution < -0.4 is 0 Å². The van der Waals surface area contributed by atoms with E-state index in [1.807, 2.05) is 6.92 Å². The first-order valence-corrected chi connectivity index (χ1v) is 2.22. The van der Waals surface area contributed by atoms with Gasteiger partial charge in [0.15, 0.2) is 0 Å². The van der Waals surface area contributed by atoms with Crippen molar-refractivity contribution < 1.29 is 28.6 Å². The van der Waals surface area contributed by atoms with Gasteiger partial charge in [0.25, 0.3) is 0 Å². The summed E-state index contributed by atoms with van der Waals surface area (Å²) in [6.45, 7) is 5.25. The molecule has 0 aliphatic heterocycles.